The van der Waals surface area contributed by atoms with E-state index in [1.807, 2.05) is 6.07 Å². The van der Waals surface area contributed by atoms with Gasteiger partial charge in [-0.25, -0.2) is 4.39 Å². The summed E-state index contributed by atoms with van der Waals surface area (Å²) in [4.78, 5) is 2.22. The van der Waals surface area contributed by atoms with Gasteiger partial charge in [-0.2, -0.15) is 0 Å². The maximum Gasteiger partial charge on any atom is 0.129 e. The Morgan fingerprint density at radius 1 is 1.45 bits per heavy atom. The average Bonchev–Trinajstić information content (AvgIpc) is 2.44. The van der Waals surface area contributed by atoms with Crippen molar-refractivity contribution in [3.8, 4) is 0 Å². The van der Waals surface area contributed by atoms with Gasteiger partial charge in [0.25, 0.3) is 0 Å². The van der Waals surface area contributed by atoms with Crippen LogP contribution in [0.3, 0.4) is 0 Å². The van der Waals surface area contributed by atoms with E-state index in [9.17, 15) is 4.39 Å². The lowest BCUT2D eigenvalue weighted by Gasteiger charge is -2.36. The zero-order chi connectivity index (χ0) is 15.1. The van der Waals surface area contributed by atoms with Gasteiger partial charge in [-0.3, -0.25) is 4.90 Å². The van der Waals surface area contributed by atoms with E-state index in [2.05, 4.69) is 34.7 Å². The molecule has 2 N–H and O–H groups in total. The average molecular weight is 347 g/mol. The van der Waals surface area contributed by atoms with Crippen LogP contribution in [0.15, 0.2) is 22.7 Å². The summed E-state index contributed by atoms with van der Waals surface area (Å²) in [5.41, 5.74) is 6.56. The van der Waals surface area contributed by atoms with Gasteiger partial charge in [0.05, 0.1) is 12.6 Å². The summed E-state index contributed by atoms with van der Waals surface area (Å²) in [7, 11) is 1.67. The number of hydrogen-bond donors (Lipinski definition) is 1. The first-order valence-electron chi connectivity index (χ1n) is 6.94. The lowest BCUT2D eigenvalue weighted by Crippen LogP contribution is -2.42. The Balaban J connectivity index is 3.04. The second-order valence-electron chi connectivity index (χ2n) is 4.91. The number of methoxy groups -OCH3 is 1. The molecule has 1 aromatic carbocycles. The molecule has 0 aliphatic carbocycles. The highest BCUT2D eigenvalue weighted by molar-refractivity contribution is 9.10. The summed E-state index contributed by atoms with van der Waals surface area (Å²) in [6, 6.07) is 5.34. The zero-order valence-electron chi connectivity index (χ0n) is 12.4. The first kappa shape index (κ1) is 17.6. The van der Waals surface area contributed by atoms with Crippen LogP contribution < -0.4 is 5.73 Å². The van der Waals surface area contributed by atoms with Crippen LogP contribution in [0.2, 0.25) is 0 Å². The number of halogens is 2. The van der Waals surface area contributed by atoms with E-state index >= 15 is 0 Å². The highest BCUT2D eigenvalue weighted by Gasteiger charge is 2.25. The van der Waals surface area contributed by atoms with E-state index in [-0.39, 0.29) is 11.9 Å². The minimum atomic E-state index is -0.222. The third kappa shape index (κ3) is 4.52. The van der Waals surface area contributed by atoms with Crippen LogP contribution in [0.25, 0.3) is 0 Å². The van der Waals surface area contributed by atoms with Crippen LogP contribution in [-0.4, -0.2) is 37.7 Å². The fourth-order valence-corrected chi connectivity index (χ4v) is 2.66. The SMILES string of the molecule is CCC(C)N(CCOC)C(CN)c1ccc(Br)cc1F. The van der Waals surface area contributed by atoms with Crippen molar-refractivity contribution < 1.29 is 9.13 Å². The van der Waals surface area contributed by atoms with Gasteiger partial charge in [0.15, 0.2) is 0 Å². The second-order valence-corrected chi connectivity index (χ2v) is 5.82. The molecule has 114 valence electrons. The van der Waals surface area contributed by atoms with Crippen LogP contribution >= 0.6 is 15.9 Å². The van der Waals surface area contributed by atoms with Crippen molar-refractivity contribution in [2.45, 2.75) is 32.4 Å². The molecule has 0 radical (unpaired) electrons. The highest BCUT2D eigenvalue weighted by atomic mass is 79.9. The summed E-state index contributed by atoms with van der Waals surface area (Å²) >= 11 is 3.28. The van der Waals surface area contributed by atoms with Gasteiger partial charge in [-0.15, -0.1) is 0 Å². The Hall–Kier alpha value is -0.490. The standard InChI is InChI=1S/C15H24BrFN2O/c1-4-11(2)19(7-8-20-3)15(10-18)13-6-5-12(16)9-14(13)17/h5-6,9,11,15H,4,7-8,10,18H2,1-3H3. The molecule has 20 heavy (non-hydrogen) atoms. The summed E-state index contributed by atoms with van der Waals surface area (Å²) in [5, 5.41) is 0. The minimum absolute atomic E-state index is 0.131. The van der Waals surface area contributed by atoms with Crippen molar-refractivity contribution >= 4 is 15.9 Å². The summed E-state index contributed by atoms with van der Waals surface area (Å²) in [5.74, 6) is -0.222. The molecule has 0 aliphatic heterocycles. The molecule has 0 fully saturated rings. The third-order valence-electron chi connectivity index (χ3n) is 3.66. The fraction of sp³-hybridized carbons (Fsp3) is 0.600. The largest absolute Gasteiger partial charge is 0.383 e. The predicted molar refractivity (Wildman–Crippen MR) is 84.2 cm³/mol. The highest BCUT2D eigenvalue weighted by Crippen LogP contribution is 2.27. The lowest BCUT2D eigenvalue weighted by molar-refractivity contribution is 0.0888. The van der Waals surface area contributed by atoms with E-state index in [0.717, 1.165) is 17.4 Å². The van der Waals surface area contributed by atoms with Crippen molar-refractivity contribution in [2.75, 3.05) is 26.8 Å². The first-order valence-corrected chi connectivity index (χ1v) is 7.74. The molecule has 3 nitrogen and oxygen atoms in total. The fourth-order valence-electron chi connectivity index (χ4n) is 2.33. The third-order valence-corrected chi connectivity index (χ3v) is 4.15. The Morgan fingerprint density at radius 3 is 2.65 bits per heavy atom. The zero-order valence-corrected chi connectivity index (χ0v) is 14.0. The number of ether oxygens (including phenoxy) is 1. The van der Waals surface area contributed by atoms with E-state index in [4.69, 9.17) is 10.5 Å². The Morgan fingerprint density at radius 2 is 2.15 bits per heavy atom. The summed E-state index contributed by atoms with van der Waals surface area (Å²) < 4.78 is 20.1. The molecule has 5 heteroatoms. The van der Waals surface area contributed by atoms with Gasteiger partial charge in [0, 0.05) is 36.3 Å². The van der Waals surface area contributed by atoms with Crippen molar-refractivity contribution in [2.24, 2.45) is 5.73 Å². The van der Waals surface area contributed by atoms with E-state index < -0.39 is 0 Å². The molecule has 0 spiro atoms. The maximum absolute atomic E-state index is 14.2. The molecular weight excluding hydrogens is 323 g/mol. The molecule has 0 saturated carbocycles. The summed E-state index contributed by atoms with van der Waals surface area (Å²) in [6.45, 7) is 5.99. The molecule has 2 atom stereocenters. The molecule has 1 aromatic rings. The summed E-state index contributed by atoms with van der Waals surface area (Å²) in [6.07, 6.45) is 0.984. The maximum atomic E-state index is 14.2. The van der Waals surface area contributed by atoms with Gasteiger partial charge in [0.1, 0.15) is 5.82 Å². The van der Waals surface area contributed by atoms with Gasteiger partial charge in [0.2, 0.25) is 0 Å². The van der Waals surface area contributed by atoms with Crippen molar-refractivity contribution in [1.29, 1.82) is 0 Å². The predicted octanol–water partition coefficient (Wildman–Crippen LogP) is 3.33. The first-order chi connectivity index (χ1) is 9.54. The van der Waals surface area contributed by atoms with Crippen LogP contribution in [0.5, 0.6) is 0 Å². The Labute approximate surface area is 129 Å². The molecule has 2 unspecified atom stereocenters. The smallest absolute Gasteiger partial charge is 0.129 e. The van der Waals surface area contributed by atoms with Gasteiger partial charge in [-0.1, -0.05) is 28.9 Å². The van der Waals surface area contributed by atoms with E-state index in [1.54, 1.807) is 13.2 Å². The van der Waals surface area contributed by atoms with Crippen molar-refractivity contribution in [1.82, 2.24) is 4.90 Å². The molecule has 0 heterocycles. The number of nitrogens with zero attached hydrogens (tertiary/aromatic N) is 1. The molecule has 0 aromatic heterocycles. The van der Waals surface area contributed by atoms with Crippen molar-refractivity contribution in [3.63, 3.8) is 0 Å². The molecule has 0 aliphatic rings. The molecular formula is C15H24BrFN2O. The Kier molecular flexibility index (Phi) is 7.66. The number of hydrogen-bond acceptors (Lipinski definition) is 3. The normalized spacial score (nSPS) is 14.6. The quantitative estimate of drug-likeness (QED) is 0.784. The lowest BCUT2D eigenvalue weighted by atomic mass is 10.0. The second kappa shape index (κ2) is 8.72. The van der Waals surface area contributed by atoms with Gasteiger partial charge >= 0.3 is 0 Å². The van der Waals surface area contributed by atoms with E-state index in [0.29, 0.717) is 24.8 Å². The van der Waals surface area contributed by atoms with Crippen LogP contribution in [0.4, 0.5) is 4.39 Å². The molecule has 0 bridgehead atoms. The molecule has 0 saturated heterocycles. The monoisotopic (exact) mass is 346 g/mol. The number of benzene rings is 1. The van der Waals surface area contributed by atoms with Crippen molar-refractivity contribution in [3.05, 3.63) is 34.1 Å². The van der Waals surface area contributed by atoms with Crippen LogP contribution in [0, 0.1) is 5.82 Å². The van der Waals surface area contributed by atoms with Gasteiger partial charge < -0.3 is 10.5 Å². The topological polar surface area (TPSA) is 38.5 Å². The van der Waals surface area contributed by atoms with Crippen LogP contribution in [0.1, 0.15) is 31.9 Å². The number of nitrogens with two attached hydrogens (primary N) is 1. The molecule has 1 rings (SSSR count). The van der Waals surface area contributed by atoms with E-state index in [1.165, 1.54) is 6.07 Å². The van der Waals surface area contributed by atoms with Gasteiger partial charge in [-0.05, 0) is 25.5 Å². The number of rotatable bonds is 8. The van der Waals surface area contributed by atoms with Crippen LogP contribution in [-0.2, 0) is 4.74 Å². The Bertz CT molecular complexity index is 417. The minimum Gasteiger partial charge on any atom is -0.383 e. The molecule has 0 amide bonds.